The first kappa shape index (κ1) is 14.0. The minimum absolute atomic E-state index is 0.00989. The minimum Gasteiger partial charge on any atom is -0.386 e. The number of aromatic nitrogens is 2. The van der Waals surface area contributed by atoms with Crippen LogP contribution in [0.4, 0.5) is 5.82 Å². The fourth-order valence-corrected chi connectivity index (χ4v) is 2.67. The molecule has 1 unspecified atom stereocenters. The predicted molar refractivity (Wildman–Crippen MR) is 78.1 cm³/mol. The van der Waals surface area contributed by atoms with Gasteiger partial charge in [-0.2, -0.15) is 0 Å². The second-order valence-corrected chi connectivity index (χ2v) is 6.45. The minimum atomic E-state index is -0.640. The second-order valence-electron chi connectivity index (χ2n) is 5.60. The lowest BCUT2D eigenvalue weighted by Gasteiger charge is -2.14. The highest BCUT2D eigenvalue weighted by molar-refractivity contribution is 7.09. The molecule has 0 aromatic carbocycles. The van der Waals surface area contributed by atoms with Gasteiger partial charge in [-0.3, -0.25) is 0 Å². The van der Waals surface area contributed by atoms with Crippen LogP contribution in [0.2, 0.25) is 0 Å². The van der Waals surface area contributed by atoms with Crippen molar-refractivity contribution in [2.24, 2.45) is 0 Å². The Bertz CT molecular complexity index is 560. The molecule has 4 nitrogen and oxygen atoms in total. The maximum atomic E-state index is 10.2. The molecule has 5 heteroatoms. The Kier molecular flexibility index (Phi) is 3.87. The maximum absolute atomic E-state index is 10.2. The van der Waals surface area contributed by atoms with E-state index in [0.29, 0.717) is 17.9 Å². The zero-order valence-corrected chi connectivity index (χ0v) is 12.2. The molecule has 1 atom stereocenters. The van der Waals surface area contributed by atoms with E-state index in [-0.39, 0.29) is 5.41 Å². The molecule has 0 saturated carbocycles. The van der Waals surface area contributed by atoms with Gasteiger partial charge < -0.3 is 10.8 Å². The topological polar surface area (TPSA) is 72.0 Å². The van der Waals surface area contributed by atoms with E-state index in [2.05, 4.69) is 30.7 Å². The van der Waals surface area contributed by atoms with Crippen LogP contribution < -0.4 is 5.73 Å². The number of nitrogens with two attached hydrogens (primary N) is 1. The third-order valence-electron chi connectivity index (χ3n) is 2.84. The van der Waals surface area contributed by atoms with E-state index in [9.17, 15) is 5.11 Å². The lowest BCUT2D eigenvalue weighted by Crippen LogP contribution is -2.11. The van der Waals surface area contributed by atoms with Gasteiger partial charge in [-0.1, -0.05) is 26.8 Å². The van der Waals surface area contributed by atoms with E-state index in [1.54, 1.807) is 17.5 Å². The molecule has 102 valence electrons. The molecule has 19 heavy (non-hydrogen) atoms. The van der Waals surface area contributed by atoms with Crippen LogP contribution in [0, 0.1) is 0 Å². The zero-order valence-electron chi connectivity index (χ0n) is 11.4. The van der Waals surface area contributed by atoms with Crippen LogP contribution in [0.15, 0.2) is 23.7 Å². The molecule has 0 radical (unpaired) electrons. The third-order valence-corrected chi connectivity index (χ3v) is 4.13. The van der Waals surface area contributed by atoms with Crippen molar-refractivity contribution in [1.82, 2.24) is 9.97 Å². The molecule has 2 aromatic rings. The SMILES string of the molecule is CC(C)(C)c1nc(C(O)Cc2cccnc2N)cs1. The number of hydrogen-bond donors (Lipinski definition) is 2. The molecule has 0 aliphatic rings. The molecular weight excluding hydrogens is 258 g/mol. The van der Waals surface area contributed by atoms with Gasteiger partial charge in [-0.25, -0.2) is 9.97 Å². The third kappa shape index (κ3) is 3.30. The Morgan fingerprint density at radius 2 is 2.16 bits per heavy atom. The number of nitrogens with zero attached hydrogens (tertiary/aromatic N) is 2. The van der Waals surface area contributed by atoms with Crippen molar-refractivity contribution in [3.05, 3.63) is 40.0 Å². The van der Waals surface area contributed by atoms with Gasteiger partial charge in [0.25, 0.3) is 0 Å². The number of aliphatic hydroxyl groups excluding tert-OH is 1. The summed E-state index contributed by atoms with van der Waals surface area (Å²) >= 11 is 1.58. The van der Waals surface area contributed by atoms with Crippen LogP contribution in [0.3, 0.4) is 0 Å². The number of hydrogen-bond acceptors (Lipinski definition) is 5. The van der Waals surface area contributed by atoms with Gasteiger partial charge in [-0.05, 0) is 11.6 Å². The quantitative estimate of drug-likeness (QED) is 0.904. The number of thiazole rings is 1. The van der Waals surface area contributed by atoms with Crippen molar-refractivity contribution < 1.29 is 5.11 Å². The summed E-state index contributed by atoms with van der Waals surface area (Å²) in [6.45, 7) is 6.34. The van der Waals surface area contributed by atoms with Crippen LogP contribution in [0.25, 0.3) is 0 Å². The average molecular weight is 277 g/mol. The first-order valence-electron chi connectivity index (χ1n) is 6.21. The summed E-state index contributed by atoms with van der Waals surface area (Å²) in [5.41, 5.74) is 7.35. The van der Waals surface area contributed by atoms with Gasteiger partial charge in [0.1, 0.15) is 11.9 Å². The highest BCUT2D eigenvalue weighted by Crippen LogP contribution is 2.29. The Hall–Kier alpha value is -1.46. The smallest absolute Gasteiger partial charge is 0.126 e. The van der Waals surface area contributed by atoms with E-state index in [4.69, 9.17) is 5.73 Å². The summed E-state index contributed by atoms with van der Waals surface area (Å²) in [5.74, 6) is 0.466. The molecule has 0 fully saturated rings. The molecule has 2 heterocycles. The van der Waals surface area contributed by atoms with E-state index in [0.717, 1.165) is 10.6 Å². The summed E-state index contributed by atoms with van der Waals surface area (Å²) in [6, 6.07) is 3.70. The van der Waals surface area contributed by atoms with Crippen LogP contribution >= 0.6 is 11.3 Å². The van der Waals surface area contributed by atoms with Gasteiger partial charge >= 0.3 is 0 Å². The average Bonchev–Trinajstić information content (AvgIpc) is 2.81. The van der Waals surface area contributed by atoms with Crippen LogP contribution in [0.1, 0.15) is 43.1 Å². The van der Waals surface area contributed by atoms with Gasteiger partial charge in [0.15, 0.2) is 0 Å². The molecule has 3 N–H and O–H groups in total. The van der Waals surface area contributed by atoms with Gasteiger partial charge in [-0.15, -0.1) is 11.3 Å². The lowest BCUT2D eigenvalue weighted by atomic mass is 9.98. The van der Waals surface area contributed by atoms with Crippen LogP contribution in [-0.2, 0) is 11.8 Å². The number of rotatable bonds is 3. The number of aliphatic hydroxyl groups is 1. The first-order valence-corrected chi connectivity index (χ1v) is 7.09. The van der Waals surface area contributed by atoms with Gasteiger partial charge in [0, 0.05) is 23.4 Å². The molecule has 0 aliphatic heterocycles. The first-order chi connectivity index (χ1) is 8.88. The largest absolute Gasteiger partial charge is 0.386 e. The molecule has 0 amide bonds. The number of nitrogen functional groups attached to an aromatic ring is 1. The highest BCUT2D eigenvalue weighted by atomic mass is 32.1. The zero-order chi connectivity index (χ0) is 14.0. The molecule has 0 spiro atoms. The number of anilines is 1. The number of pyridine rings is 1. The van der Waals surface area contributed by atoms with E-state index < -0.39 is 6.10 Å². The molecule has 2 aromatic heterocycles. The highest BCUT2D eigenvalue weighted by Gasteiger charge is 2.21. The monoisotopic (exact) mass is 277 g/mol. The Labute approximate surface area is 117 Å². The standard InChI is InChI=1S/C14H19N3OS/c1-14(2,3)13-17-10(8-19-13)11(18)7-9-5-4-6-16-12(9)15/h4-6,8,11,18H,7H2,1-3H3,(H2,15,16). The Morgan fingerprint density at radius 3 is 2.74 bits per heavy atom. The molecule has 0 saturated heterocycles. The Balaban J connectivity index is 2.15. The van der Waals surface area contributed by atoms with Crippen LogP contribution in [-0.4, -0.2) is 15.1 Å². The summed E-state index contributed by atoms with van der Waals surface area (Å²) in [6.07, 6.45) is 1.44. The Morgan fingerprint density at radius 1 is 1.42 bits per heavy atom. The summed E-state index contributed by atoms with van der Waals surface area (Å²) in [7, 11) is 0. The van der Waals surface area contributed by atoms with Gasteiger partial charge in [0.2, 0.25) is 0 Å². The van der Waals surface area contributed by atoms with Gasteiger partial charge in [0.05, 0.1) is 10.7 Å². The summed E-state index contributed by atoms with van der Waals surface area (Å²) in [4.78, 5) is 8.53. The van der Waals surface area contributed by atoms with Crippen molar-refractivity contribution in [2.45, 2.75) is 38.7 Å². The molecular formula is C14H19N3OS. The van der Waals surface area contributed by atoms with Crippen LogP contribution in [0.5, 0.6) is 0 Å². The lowest BCUT2D eigenvalue weighted by molar-refractivity contribution is 0.174. The van der Waals surface area contributed by atoms with E-state index in [1.165, 1.54) is 0 Å². The summed E-state index contributed by atoms with van der Waals surface area (Å²) in [5, 5.41) is 13.2. The fraction of sp³-hybridized carbons (Fsp3) is 0.429. The van der Waals surface area contributed by atoms with Crippen molar-refractivity contribution in [1.29, 1.82) is 0 Å². The van der Waals surface area contributed by atoms with E-state index >= 15 is 0 Å². The van der Waals surface area contributed by atoms with E-state index in [1.807, 2.05) is 17.5 Å². The molecule has 0 aliphatic carbocycles. The van der Waals surface area contributed by atoms with Crippen molar-refractivity contribution >= 4 is 17.2 Å². The van der Waals surface area contributed by atoms with Crippen molar-refractivity contribution in [3.8, 4) is 0 Å². The maximum Gasteiger partial charge on any atom is 0.126 e. The summed E-state index contributed by atoms with van der Waals surface area (Å²) < 4.78 is 0. The predicted octanol–water partition coefficient (Wildman–Crippen LogP) is 2.69. The fourth-order valence-electron chi connectivity index (χ4n) is 1.72. The van der Waals surface area contributed by atoms with Crippen molar-refractivity contribution in [2.75, 3.05) is 5.73 Å². The second kappa shape index (κ2) is 5.27. The van der Waals surface area contributed by atoms with Crippen molar-refractivity contribution in [3.63, 3.8) is 0 Å². The normalized spacial score (nSPS) is 13.5. The molecule has 0 bridgehead atoms. The molecule has 2 rings (SSSR count).